The standard InChI is InChI=1S/C15H19FN2O2/c1-10-11(8-12(16)9-13(10)17)6-5-7-18-14(19)20-15(2,3)4/h8-9H,7,17H2,1-4H3,(H,18,19). The van der Waals surface area contributed by atoms with E-state index in [0.717, 1.165) is 5.56 Å². The van der Waals surface area contributed by atoms with Gasteiger partial charge in [-0.05, 0) is 45.4 Å². The van der Waals surface area contributed by atoms with Gasteiger partial charge in [-0.2, -0.15) is 0 Å². The van der Waals surface area contributed by atoms with Crippen LogP contribution in [0.15, 0.2) is 12.1 Å². The van der Waals surface area contributed by atoms with Crippen LogP contribution >= 0.6 is 0 Å². The predicted molar refractivity (Wildman–Crippen MR) is 76.7 cm³/mol. The average Bonchev–Trinajstić information content (AvgIpc) is 2.28. The zero-order valence-electron chi connectivity index (χ0n) is 12.1. The van der Waals surface area contributed by atoms with Crippen molar-refractivity contribution in [2.24, 2.45) is 0 Å². The van der Waals surface area contributed by atoms with Crippen molar-refractivity contribution < 1.29 is 13.9 Å². The van der Waals surface area contributed by atoms with E-state index in [-0.39, 0.29) is 6.54 Å². The lowest BCUT2D eigenvalue weighted by molar-refractivity contribution is 0.0535. The summed E-state index contributed by atoms with van der Waals surface area (Å²) in [5, 5.41) is 2.50. The van der Waals surface area contributed by atoms with Gasteiger partial charge in [-0.15, -0.1) is 0 Å². The van der Waals surface area contributed by atoms with Crippen molar-refractivity contribution in [3.8, 4) is 11.8 Å². The van der Waals surface area contributed by atoms with E-state index in [2.05, 4.69) is 17.2 Å². The molecule has 1 amide bonds. The van der Waals surface area contributed by atoms with Crippen molar-refractivity contribution in [2.75, 3.05) is 12.3 Å². The van der Waals surface area contributed by atoms with Crippen molar-refractivity contribution >= 4 is 11.8 Å². The van der Waals surface area contributed by atoms with Gasteiger partial charge in [0.25, 0.3) is 0 Å². The Hall–Kier alpha value is -2.22. The Bertz CT molecular complexity index is 566. The molecule has 0 heterocycles. The van der Waals surface area contributed by atoms with Gasteiger partial charge in [-0.3, -0.25) is 0 Å². The van der Waals surface area contributed by atoms with E-state index in [1.165, 1.54) is 12.1 Å². The maximum absolute atomic E-state index is 13.2. The fourth-order valence-electron chi connectivity index (χ4n) is 1.40. The van der Waals surface area contributed by atoms with Crippen LogP contribution < -0.4 is 11.1 Å². The van der Waals surface area contributed by atoms with Crippen molar-refractivity contribution in [1.29, 1.82) is 0 Å². The molecular weight excluding hydrogens is 259 g/mol. The monoisotopic (exact) mass is 278 g/mol. The molecule has 108 valence electrons. The van der Waals surface area contributed by atoms with E-state index >= 15 is 0 Å². The number of rotatable bonds is 1. The summed E-state index contributed by atoms with van der Waals surface area (Å²) in [6, 6.07) is 2.56. The quantitative estimate of drug-likeness (QED) is 0.613. The van der Waals surface area contributed by atoms with Crippen molar-refractivity contribution in [2.45, 2.75) is 33.3 Å². The number of halogens is 1. The third kappa shape index (κ3) is 5.19. The van der Waals surface area contributed by atoms with Crippen LogP contribution in [-0.4, -0.2) is 18.2 Å². The Morgan fingerprint density at radius 2 is 2.10 bits per heavy atom. The summed E-state index contributed by atoms with van der Waals surface area (Å²) in [4.78, 5) is 11.4. The highest BCUT2D eigenvalue weighted by molar-refractivity contribution is 5.68. The molecule has 0 saturated carbocycles. The van der Waals surface area contributed by atoms with Crippen LogP contribution in [0.5, 0.6) is 0 Å². The summed E-state index contributed by atoms with van der Waals surface area (Å²) in [5.74, 6) is 5.07. The zero-order valence-corrected chi connectivity index (χ0v) is 12.1. The average molecular weight is 278 g/mol. The second-order valence-corrected chi connectivity index (χ2v) is 5.32. The van der Waals surface area contributed by atoms with Gasteiger partial charge >= 0.3 is 6.09 Å². The number of nitrogens with two attached hydrogens (primary N) is 1. The molecule has 3 N–H and O–H groups in total. The highest BCUT2D eigenvalue weighted by atomic mass is 19.1. The number of alkyl carbamates (subject to hydrolysis) is 1. The van der Waals surface area contributed by atoms with E-state index in [1.807, 2.05) is 0 Å². The van der Waals surface area contributed by atoms with E-state index in [4.69, 9.17) is 10.5 Å². The zero-order chi connectivity index (χ0) is 15.3. The van der Waals surface area contributed by atoms with Gasteiger partial charge in [0.15, 0.2) is 0 Å². The molecule has 0 unspecified atom stereocenters. The smallest absolute Gasteiger partial charge is 0.408 e. The van der Waals surface area contributed by atoms with Gasteiger partial charge in [0.2, 0.25) is 0 Å². The molecule has 0 bridgehead atoms. The number of benzene rings is 1. The number of ether oxygens (including phenoxy) is 1. The van der Waals surface area contributed by atoms with Crippen molar-refractivity contribution in [3.63, 3.8) is 0 Å². The first-order valence-electron chi connectivity index (χ1n) is 6.20. The normalized spacial score (nSPS) is 10.4. The molecule has 20 heavy (non-hydrogen) atoms. The number of carbonyl (C=O) groups is 1. The Morgan fingerprint density at radius 1 is 1.45 bits per heavy atom. The largest absolute Gasteiger partial charge is 0.444 e. The summed E-state index contributed by atoms with van der Waals surface area (Å²) in [6.07, 6.45) is -0.540. The summed E-state index contributed by atoms with van der Waals surface area (Å²) in [6.45, 7) is 7.20. The van der Waals surface area contributed by atoms with Crippen LogP contribution in [0, 0.1) is 24.6 Å². The lowest BCUT2D eigenvalue weighted by Gasteiger charge is -2.19. The summed E-state index contributed by atoms with van der Waals surface area (Å²) in [7, 11) is 0. The van der Waals surface area contributed by atoms with Gasteiger partial charge in [-0.1, -0.05) is 11.8 Å². The van der Waals surface area contributed by atoms with E-state index in [9.17, 15) is 9.18 Å². The van der Waals surface area contributed by atoms with Gasteiger partial charge in [0.05, 0.1) is 6.54 Å². The molecular formula is C15H19FN2O2. The second kappa shape index (κ2) is 6.29. The number of hydrogen-bond donors (Lipinski definition) is 2. The molecule has 0 atom stereocenters. The van der Waals surface area contributed by atoms with Crippen molar-refractivity contribution in [3.05, 3.63) is 29.1 Å². The molecule has 0 aliphatic carbocycles. The summed E-state index contributed by atoms with van der Waals surface area (Å²) < 4.78 is 18.2. The SMILES string of the molecule is Cc1c(N)cc(F)cc1C#CCNC(=O)OC(C)(C)C. The fraction of sp³-hybridized carbons (Fsp3) is 0.400. The number of carbonyl (C=O) groups excluding carboxylic acids is 1. The predicted octanol–water partition coefficient (Wildman–Crippen LogP) is 2.59. The molecule has 0 aliphatic rings. The van der Waals surface area contributed by atoms with Crippen LogP contribution in [0.25, 0.3) is 0 Å². The van der Waals surface area contributed by atoms with Gasteiger partial charge in [0, 0.05) is 11.3 Å². The minimum Gasteiger partial charge on any atom is -0.444 e. The molecule has 0 aromatic heterocycles. The lowest BCUT2D eigenvalue weighted by Crippen LogP contribution is -2.32. The maximum Gasteiger partial charge on any atom is 0.408 e. The number of anilines is 1. The minimum absolute atomic E-state index is 0.116. The van der Waals surface area contributed by atoms with Crippen LogP contribution in [-0.2, 0) is 4.74 Å². The molecule has 1 aromatic carbocycles. The molecule has 1 aromatic rings. The maximum atomic E-state index is 13.2. The molecule has 0 fully saturated rings. The first-order valence-corrected chi connectivity index (χ1v) is 6.20. The second-order valence-electron chi connectivity index (χ2n) is 5.32. The number of nitrogen functional groups attached to an aromatic ring is 1. The Kier molecular flexibility index (Phi) is 4.98. The molecule has 0 aliphatic heterocycles. The summed E-state index contributed by atoms with van der Waals surface area (Å²) in [5.41, 5.74) is 6.68. The highest BCUT2D eigenvalue weighted by Crippen LogP contribution is 2.17. The third-order valence-corrected chi connectivity index (χ3v) is 2.36. The lowest BCUT2D eigenvalue weighted by atomic mass is 10.1. The number of hydrogen-bond acceptors (Lipinski definition) is 3. The molecule has 0 spiro atoms. The van der Waals surface area contributed by atoms with Crippen LogP contribution in [0.1, 0.15) is 31.9 Å². The van der Waals surface area contributed by atoms with Crippen LogP contribution in [0.2, 0.25) is 0 Å². The van der Waals surface area contributed by atoms with E-state index in [1.54, 1.807) is 27.7 Å². The van der Waals surface area contributed by atoms with E-state index in [0.29, 0.717) is 11.3 Å². The topological polar surface area (TPSA) is 64.3 Å². The van der Waals surface area contributed by atoms with Crippen LogP contribution in [0.3, 0.4) is 0 Å². The molecule has 4 nitrogen and oxygen atoms in total. The fourth-order valence-corrected chi connectivity index (χ4v) is 1.40. The van der Waals surface area contributed by atoms with Crippen molar-refractivity contribution in [1.82, 2.24) is 5.32 Å². The highest BCUT2D eigenvalue weighted by Gasteiger charge is 2.15. The third-order valence-electron chi connectivity index (χ3n) is 2.36. The number of nitrogens with one attached hydrogen (secondary N) is 1. The van der Waals surface area contributed by atoms with Crippen LogP contribution in [0.4, 0.5) is 14.9 Å². The molecule has 5 heteroatoms. The van der Waals surface area contributed by atoms with Gasteiger partial charge in [-0.25, -0.2) is 9.18 Å². The minimum atomic E-state index is -0.550. The van der Waals surface area contributed by atoms with E-state index < -0.39 is 17.5 Å². The number of amides is 1. The Balaban J connectivity index is 2.62. The van der Waals surface area contributed by atoms with Gasteiger partial charge < -0.3 is 15.8 Å². The summed E-state index contributed by atoms with van der Waals surface area (Å²) >= 11 is 0. The Labute approximate surface area is 118 Å². The molecule has 0 radical (unpaired) electrons. The molecule has 0 saturated heterocycles. The molecule has 1 rings (SSSR count). The van der Waals surface area contributed by atoms with Gasteiger partial charge in [0.1, 0.15) is 11.4 Å². The Morgan fingerprint density at radius 3 is 2.70 bits per heavy atom. The first kappa shape index (κ1) is 15.8. The first-order chi connectivity index (χ1) is 9.19.